The second-order valence-corrected chi connectivity index (χ2v) is 5.63. The number of nitrogens with one attached hydrogen (secondary N) is 2. The van der Waals surface area contributed by atoms with Crippen molar-refractivity contribution >= 4 is 23.2 Å². The van der Waals surface area contributed by atoms with E-state index in [0.29, 0.717) is 12.8 Å². The van der Waals surface area contributed by atoms with Crippen molar-refractivity contribution in [1.29, 1.82) is 0 Å². The summed E-state index contributed by atoms with van der Waals surface area (Å²) in [6, 6.07) is 13.5. The van der Waals surface area contributed by atoms with E-state index in [0.717, 1.165) is 34.5 Å². The zero-order valence-corrected chi connectivity index (χ0v) is 12.5. The summed E-state index contributed by atoms with van der Waals surface area (Å²) in [5.41, 5.74) is 4.88. The van der Waals surface area contributed by atoms with E-state index in [1.807, 2.05) is 49.4 Å². The molecule has 3 rings (SSSR count). The van der Waals surface area contributed by atoms with Crippen LogP contribution < -0.4 is 10.6 Å². The molecule has 0 aromatic heterocycles. The number of benzene rings is 2. The standard InChI is InChI=1S/C18H18N2O2/c1-12-2-6-15(7-3-12)19-18(22)11-13-4-8-16-14(10-13)5-9-17(21)20-16/h2-4,6-8,10H,5,9,11H2,1H3,(H,19,22)(H,20,21). The van der Waals surface area contributed by atoms with Crippen molar-refractivity contribution in [1.82, 2.24) is 0 Å². The summed E-state index contributed by atoms with van der Waals surface area (Å²) >= 11 is 0. The van der Waals surface area contributed by atoms with Crippen LogP contribution in [0.15, 0.2) is 42.5 Å². The quantitative estimate of drug-likeness (QED) is 0.914. The maximum Gasteiger partial charge on any atom is 0.228 e. The van der Waals surface area contributed by atoms with Crippen LogP contribution in [0.2, 0.25) is 0 Å². The van der Waals surface area contributed by atoms with Crippen LogP contribution in [0.1, 0.15) is 23.1 Å². The van der Waals surface area contributed by atoms with Crippen LogP contribution in [0.3, 0.4) is 0 Å². The Kier molecular flexibility index (Phi) is 3.92. The van der Waals surface area contributed by atoms with E-state index in [4.69, 9.17) is 0 Å². The molecule has 0 aliphatic carbocycles. The fourth-order valence-electron chi connectivity index (χ4n) is 2.57. The molecule has 0 spiro atoms. The summed E-state index contributed by atoms with van der Waals surface area (Å²) in [7, 11) is 0. The Labute approximate surface area is 129 Å². The van der Waals surface area contributed by atoms with E-state index in [2.05, 4.69) is 10.6 Å². The van der Waals surface area contributed by atoms with Crippen LogP contribution in [-0.4, -0.2) is 11.8 Å². The molecule has 0 fully saturated rings. The Morgan fingerprint density at radius 1 is 1.14 bits per heavy atom. The van der Waals surface area contributed by atoms with Crippen LogP contribution in [0.4, 0.5) is 11.4 Å². The highest BCUT2D eigenvalue weighted by atomic mass is 16.2. The van der Waals surface area contributed by atoms with Gasteiger partial charge in [-0.1, -0.05) is 29.8 Å². The maximum atomic E-state index is 12.1. The first-order valence-electron chi connectivity index (χ1n) is 7.38. The topological polar surface area (TPSA) is 58.2 Å². The highest BCUT2D eigenvalue weighted by Crippen LogP contribution is 2.23. The summed E-state index contributed by atoms with van der Waals surface area (Å²) in [4.78, 5) is 23.4. The molecular weight excluding hydrogens is 276 g/mol. The Hall–Kier alpha value is -2.62. The van der Waals surface area contributed by atoms with Crippen molar-refractivity contribution < 1.29 is 9.59 Å². The number of anilines is 2. The fraction of sp³-hybridized carbons (Fsp3) is 0.222. The summed E-state index contributed by atoms with van der Waals surface area (Å²) in [6.07, 6.45) is 1.57. The summed E-state index contributed by atoms with van der Waals surface area (Å²) in [5.74, 6) is 0.0148. The molecule has 1 heterocycles. The van der Waals surface area contributed by atoms with E-state index in [1.54, 1.807) is 0 Å². The van der Waals surface area contributed by atoms with Crippen LogP contribution >= 0.6 is 0 Å². The monoisotopic (exact) mass is 294 g/mol. The molecule has 2 aromatic carbocycles. The SMILES string of the molecule is Cc1ccc(NC(=O)Cc2ccc3c(c2)CCC(=O)N3)cc1. The molecule has 4 nitrogen and oxygen atoms in total. The third-order valence-electron chi connectivity index (χ3n) is 3.77. The number of hydrogen-bond acceptors (Lipinski definition) is 2. The molecule has 0 saturated heterocycles. The van der Waals surface area contributed by atoms with Gasteiger partial charge in [0.15, 0.2) is 0 Å². The summed E-state index contributed by atoms with van der Waals surface area (Å²) in [5, 5.41) is 5.74. The molecule has 2 amide bonds. The van der Waals surface area contributed by atoms with Gasteiger partial charge in [-0.3, -0.25) is 9.59 Å². The molecule has 1 aliphatic rings. The van der Waals surface area contributed by atoms with Gasteiger partial charge in [0.25, 0.3) is 0 Å². The second-order valence-electron chi connectivity index (χ2n) is 5.63. The molecule has 2 N–H and O–H groups in total. The van der Waals surface area contributed by atoms with E-state index in [9.17, 15) is 9.59 Å². The van der Waals surface area contributed by atoms with Gasteiger partial charge in [0, 0.05) is 17.8 Å². The predicted molar refractivity (Wildman–Crippen MR) is 86.9 cm³/mol. The van der Waals surface area contributed by atoms with Gasteiger partial charge < -0.3 is 10.6 Å². The van der Waals surface area contributed by atoms with Gasteiger partial charge in [-0.25, -0.2) is 0 Å². The van der Waals surface area contributed by atoms with E-state index in [1.165, 1.54) is 0 Å². The number of rotatable bonds is 3. The molecule has 0 bridgehead atoms. The second kappa shape index (κ2) is 6.02. The van der Waals surface area contributed by atoms with Crippen LogP contribution in [0.5, 0.6) is 0 Å². The van der Waals surface area contributed by atoms with Gasteiger partial charge >= 0.3 is 0 Å². The fourth-order valence-corrected chi connectivity index (χ4v) is 2.57. The lowest BCUT2D eigenvalue weighted by molar-refractivity contribution is -0.117. The molecule has 1 aliphatic heterocycles. The van der Waals surface area contributed by atoms with Crippen molar-refractivity contribution in [2.75, 3.05) is 10.6 Å². The van der Waals surface area contributed by atoms with Gasteiger partial charge in [0.2, 0.25) is 11.8 Å². The number of hydrogen-bond donors (Lipinski definition) is 2. The van der Waals surface area contributed by atoms with Gasteiger partial charge in [-0.05, 0) is 42.7 Å². The smallest absolute Gasteiger partial charge is 0.228 e. The first kappa shape index (κ1) is 14.3. The first-order chi connectivity index (χ1) is 10.6. The molecule has 112 valence electrons. The van der Waals surface area contributed by atoms with Crippen LogP contribution in [-0.2, 0) is 22.4 Å². The molecular formula is C18H18N2O2. The lowest BCUT2D eigenvalue weighted by Crippen LogP contribution is -2.19. The van der Waals surface area contributed by atoms with E-state index >= 15 is 0 Å². The van der Waals surface area contributed by atoms with Crippen LogP contribution in [0, 0.1) is 6.92 Å². The third-order valence-corrected chi connectivity index (χ3v) is 3.77. The van der Waals surface area contributed by atoms with Crippen molar-refractivity contribution in [3.8, 4) is 0 Å². The van der Waals surface area contributed by atoms with E-state index < -0.39 is 0 Å². The number of fused-ring (bicyclic) bond motifs is 1. The number of carbonyl (C=O) groups is 2. The Morgan fingerprint density at radius 3 is 2.68 bits per heavy atom. The average molecular weight is 294 g/mol. The molecule has 0 atom stereocenters. The van der Waals surface area contributed by atoms with Gasteiger partial charge in [-0.2, -0.15) is 0 Å². The lowest BCUT2D eigenvalue weighted by Gasteiger charge is -2.17. The number of carbonyl (C=O) groups excluding carboxylic acids is 2. The molecule has 0 radical (unpaired) electrons. The Bertz CT molecular complexity index is 720. The normalized spacial score (nSPS) is 13.2. The molecule has 22 heavy (non-hydrogen) atoms. The first-order valence-corrected chi connectivity index (χ1v) is 7.38. The zero-order chi connectivity index (χ0) is 15.5. The molecule has 0 saturated carbocycles. The molecule has 4 heteroatoms. The van der Waals surface area contributed by atoms with Crippen molar-refractivity contribution in [3.63, 3.8) is 0 Å². The highest BCUT2D eigenvalue weighted by Gasteiger charge is 2.15. The minimum Gasteiger partial charge on any atom is -0.326 e. The number of amides is 2. The van der Waals surface area contributed by atoms with Crippen LogP contribution in [0.25, 0.3) is 0 Å². The van der Waals surface area contributed by atoms with Gasteiger partial charge in [0.05, 0.1) is 6.42 Å². The van der Waals surface area contributed by atoms with Gasteiger partial charge in [0.1, 0.15) is 0 Å². The summed E-state index contributed by atoms with van der Waals surface area (Å²) in [6.45, 7) is 2.01. The highest BCUT2D eigenvalue weighted by molar-refractivity contribution is 5.95. The van der Waals surface area contributed by atoms with E-state index in [-0.39, 0.29) is 11.8 Å². The zero-order valence-electron chi connectivity index (χ0n) is 12.5. The number of aryl methyl sites for hydroxylation is 2. The third kappa shape index (κ3) is 3.34. The predicted octanol–water partition coefficient (Wildman–Crippen LogP) is 3.06. The van der Waals surface area contributed by atoms with Gasteiger partial charge in [-0.15, -0.1) is 0 Å². The average Bonchev–Trinajstić information content (AvgIpc) is 2.50. The minimum atomic E-state index is -0.0383. The van der Waals surface area contributed by atoms with Crippen molar-refractivity contribution in [3.05, 3.63) is 59.2 Å². The largest absolute Gasteiger partial charge is 0.326 e. The molecule has 2 aromatic rings. The van der Waals surface area contributed by atoms with Crippen molar-refractivity contribution in [2.24, 2.45) is 0 Å². The maximum absolute atomic E-state index is 12.1. The Balaban J connectivity index is 1.66. The summed E-state index contributed by atoms with van der Waals surface area (Å²) < 4.78 is 0. The molecule has 0 unspecified atom stereocenters. The Morgan fingerprint density at radius 2 is 1.91 bits per heavy atom. The van der Waals surface area contributed by atoms with Crippen molar-refractivity contribution in [2.45, 2.75) is 26.2 Å². The lowest BCUT2D eigenvalue weighted by atomic mass is 9.99. The minimum absolute atomic E-state index is 0.0383.